The molecule has 1 fully saturated rings. The number of amides is 1. The summed E-state index contributed by atoms with van der Waals surface area (Å²) in [5.41, 5.74) is 6.05. The highest BCUT2D eigenvalue weighted by Crippen LogP contribution is 2.19. The molecule has 0 aromatic carbocycles. The fraction of sp³-hybridized carbons (Fsp3) is 0.533. The molecule has 20 heavy (non-hydrogen) atoms. The quantitative estimate of drug-likeness (QED) is 0.860. The number of hydrogen-bond acceptors (Lipinski definition) is 4. The summed E-state index contributed by atoms with van der Waals surface area (Å²) in [7, 11) is 1.86. The van der Waals surface area contributed by atoms with Gasteiger partial charge >= 0.3 is 0 Å². The van der Waals surface area contributed by atoms with Gasteiger partial charge in [-0.3, -0.25) is 4.79 Å². The van der Waals surface area contributed by atoms with Crippen molar-refractivity contribution in [3.8, 4) is 11.8 Å². The molecule has 0 radical (unpaired) electrons. The predicted molar refractivity (Wildman–Crippen MR) is 80.8 cm³/mol. The lowest BCUT2D eigenvalue weighted by Crippen LogP contribution is -2.33. The molecule has 0 bridgehead atoms. The lowest BCUT2D eigenvalue weighted by molar-refractivity contribution is 0.0497. The molecule has 0 saturated carbocycles. The van der Waals surface area contributed by atoms with Crippen molar-refractivity contribution in [1.29, 1.82) is 0 Å². The van der Waals surface area contributed by atoms with Gasteiger partial charge in [0, 0.05) is 32.2 Å². The third kappa shape index (κ3) is 4.07. The predicted octanol–water partition coefficient (Wildman–Crippen LogP) is 1.56. The van der Waals surface area contributed by atoms with Crippen LogP contribution >= 0.6 is 11.3 Å². The van der Waals surface area contributed by atoms with Crippen molar-refractivity contribution in [2.75, 3.05) is 33.4 Å². The van der Waals surface area contributed by atoms with Gasteiger partial charge < -0.3 is 15.4 Å². The Balaban J connectivity index is 1.93. The Bertz CT molecular complexity index is 509. The van der Waals surface area contributed by atoms with Crippen LogP contribution in [0.3, 0.4) is 0 Å². The smallest absolute Gasteiger partial charge is 0.254 e. The summed E-state index contributed by atoms with van der Waals surface area (Å²) < 4.78 is 5.34. The van der Waals surface area contributed by atoms with Crippen LogP contribution in [-0.2, 0) is 4.74 Å². The van der Waals surface area contributed by atoms with E-state index in [0.717, 1.165) is 37.5 Å². The number of carbonyl (C=O) groups is 1. The van der Waals surface area contributed by atoms with Gasteiger partial charge in [-0.05, 0) is 24.8 Å². The fourth-order valence-electron chi connectivity index (χ4n) is 2.27. The first-order valence-electron chi connectivity index (χ1n) is 6.81. The topological polar surface area (TPSA) is 55.6 Å². The molecule has 0 aliphatic carbocycles. The number of hydrogen-bond donors (Lipinski definition) is 1. The molecular formula is C15H20N2O2S. The van der Waals surface area contributed by atoms with Gasteiger partial charge in [-0.25, -0.2) is 0 Å². The fourth-order valence-corrected chi connectivity index (χ4v) is 3.02. The van der Waals surface area contributed by atoms with Crippen molar-refractivity contribution in [1.82, 2.24) is 4.90 Å². The average Bonchev–Trinajstić information content (AvgIpc) is 2.94. The zero-order chi connectivity index (χ0) is 14.4. The second-order valence-electron chi connectivity index (χ2n) is 4.95. The van der Waals surface area contributed by atoms with Crippen LogP contribution < -0.4 is 5.73 Å². The van der Waals surface area contributed by atoms with Crippen LogP contribution in [0.2, 0.25) is 0 Å². The Morgan fingerprint density at radius 2 is 2.30 bits per heavy atom. The Labute approximate surface area is 123 Å². The molecule has 1 saturated heterocycles. The van der Waals surface area contributed by atoms with E-state index in [1.807, 2.05) is 18.5 Å². The minimum absolute atomic E-state index is 0.0635. The van der Waals surface area contributed by atoms with E-state index in [-0.39, 0.29) is 5.91 Å². The van der Waals surface area contributed by atoms with Crippen molar-refractivity contribution in [3.63, 3.8) is 0 Å². The van der Waals surface area contributed by atoms with Crippen molar-refractivity contribution < 1.29 is 9.53 Å². The Kier molecular flexibility index (Phi) is 5.60. The molecule has 0 spiro atoms. The van der Waals surface area contributed by atoms with E-state index in [4.69, 9.17) is 10.5 Å². The van der Waals surface area contributed by atoms with E-state index in [0.29, 0.717) is 18.0 Å². The SMILES string of the molecule is CN(CC1CCOCC1)C(=O)c1csc(C#CCN)c1. The van der Waals surface area contributed by atoms with E-state index in [1.165, 1.54) is 11.3 Å². The number of nitrogens with two attached hydrogens (primary N) is 1. The molecule has 2 N–H and O–H groups in total. The van der Waals surface area contributed by atoms with Gasteiger partial charge in [0.25, 0.3) is 5.91 Å². The first-order valence-corrected chi connectivity index (χ1v) is 7.69. The van der Waals surface area contributed by atoms with Crippen LogP contribution in [0.15, 0.2) is 11.4 Å². The van der Waals surface area contributed by atoms with Crippen LogP contribution in [0.25, 0.3) is 0 Å². The maximum absolute atomic E-state index is 12.3. The Hall–Kier alpha value is -1.35. The van der Waals surface area contributed by atoms with E-state index >= 15 is 0 Å². The maximum Gasteiger partial charge on any atom is 0.254 e. The first kappa shape index (κ1) is 15.0. The third-order valence-corrected chi connectivity index (χ3v) is 4.23. The summed E-state index contributed by atoms with van der Waals surface area (Å²) in [6.07, 6.45) is 2.07. The largest absolute Gasteiger partial charge is 0.381 e. The van der Waals surface area contributed by atoms with Crippen LogP contribution in [0, 0.1) is 17.8 Å². The average molecular weight is 292 g/mol. The number of carbonyl (C=O) groups excluding carboxylic acids is 1. The number of nitrogens with zero attached hydrogens (tertiary/aromatic N) is 1. The highest BCUT2D eigenvalue weighted by Gasteiger charge is 2.20. The lowest BCUT2D eigenvalue weighted by atomic mass is 10.00. The molecule has 1 aliphatic heterocycles. The van der Waals surface area contributed by atoms with Crippen LogP contribution in [0.1, 0.15) is 28.1 Å². The Morgan fingerprint density at radius 1 is 1.55 bits per heavy atom. The summed E-state index contributed by atoms with van der Waals surface area (Å²) in [6, 6.07) is 1.84. The standard InChI is InChI=1S/C15H20N2O2S/c1-17(10-12-4-7-19-8-5-12)15(18)13-9-14(20-11-13)3-2-6-16/h9,11-12H,4-8,10,16H2,1H3. The molecule has 2 rings (SSSR count). The van der Waals surface area contributed by atoms with Crippen LogP contribution in [-0.4, -0.2) is 44.2 Å². The summed E-state index contributed by atoms with van der Waals surface area (Å²) in [5, 5.41) is 1.86. The van der Waals surface area contributed by atoms with Gasteiger partial charge in [0.1, 0.15) is 0 Å². The van der Waals surface area contributed by atoms with Crippen molar-refractivity contribution in [2.24, 2.45) is 11.7 Å². The normalized spacial score (nSPS) is 15.5. The van der Waals surface area contributed by atoms with Crippen LogP contribution in [0.4, 0.5) is 0 Å². The lowest BCUT2D eigenvalue weighted by Gasteiger charge is -2.27. The van der Waals surface area contributed by atoms with Gasteiger partial charge in [-0.15, -0.1) is 11.3 Å². The molecule has 1 aliphatic rings. The van der Waals surface area contributed by atoms with Gasteiger partial charge in [0.05, 0.1) is 17.0 Å². The van der Waals surface area contributed by atoms with E-state index < -0.39 is 0 Å². The van der Waals surface area contributed by atoms with Gasteiger partial charge in [0.15, 0.2) is 0 Å². The molecule has 5 heteroatoms. The van der Waals surface area contributed by atoms with Crippen molar-refractivity contribution >= 4 is 17.2 Å². The third-order valence-electron chi connectivity index (χ3n) is 3.38. The molecule has 108 valence electrons. The second kappa shape index (κ2) is 7.44. The summed E-state index contributed by atoms with van der Waals surface area (Å²) in [5.74, 6) is 6.37. The Morgan fingerprint density at radius 3 is 3.00 bits per heavy atom. The molecular weight excluding hydrogens is 272 g/mol. The highest BCUT2D eigenvalue weighted by molar-refractivity contribution is 7.10. The van der Waals surface area contributed by atoms with Crippen molar-refractivity contribution in [2.45, 2.75) is 12.8 Å². The number of thiophene rings is 1. The highest BCUT2D eigenvalue weighted by atomic mass is 32.1. The molecule has 0 atom stereocenters. The minimum atomic E-state index is 0.0635. The van der Waals surface area contributed by atoms with Gasteiger partial charge in [-0.2, -0.15) is 0 Å². The van der Waals surface area contributed by atoms with Crippen LogP contribution in [0.5, 0.6) is 0 Å². The summed E-state index contributed by atoms with van der Waals surface area (Å²) >= 11 is 1.48. The first-order chi connectivity index (χ1) is 9.70. The van der Waals surface area contributed by atoms with Gasteiger partial charge in [-0.1, -0.05) is 11.8 Å². The molecule has 2 heterocycles. The van der Waals surface area contributed by atoms with E-state index in [1.54, 1.807) is 4.90 Å². The summed E-state index contributed by atoms with van der Waals surface area (Å²) in [4.78, 5) is 15.0. The maximum atomic E-state index is 12.3. The zero-order valence-corrected chi connectivity index (χ0v) is 12.5. The number of rotatable bonds is 3. The van der Waals surface area contributed by atoms with Gasteiger partial charge in [0.2, 0.25) is 0 Å². The molecule has 1 aromatic heterocycles. The zero-order valence-electron chi connectivity index (χ0n) is 11.7. The monoisotopic (exact) mass is 292 g/mol. The van der Waals surface area contributed by atoms with E-state index in [2.05, 4.69) is 11.8 Å². The number of ether oxygens (including phenoxy) is 1. The second-order valence-corrected chi connectivity index (χ2v) is 5.86. The molecule has 1 amide bonds. The van der Waals surface area contributed by atoms with Crippen molar-refractivity contribution in [3.05, 3.63) is 21.9 Å². The summed E-state index contributed by atoms with van der Waals surface area (Å²) in [6.45, 7) is 2.75. The molecule has 0 unspecified atom stereocenters. The molecule has 1 aromatic rings. The minimum Gasteiger partial charge on any atom is -0.381 e. The van der Waals surface area contributed by atoms with E-state index in [9.17, 15) is 4.79 Å². The molecule has 4 nitrogen and oxygen atoms in total.